The molecule has 0 fully saturated rings. The average molecular weight is 430 g/mol. The Bertz CT molecular complexity index is 1280. The monoisotopic (exact) mass is 429 g/mol. The molecule has 0 saturated heterocycles. The second kappa shape index (κ2) is 9.05. The van der Waals surface area contributed by atoms with Crippen LogP contribution >= 0.6 is 23.2 Å². The molecule has 0 aliphatic carbocycles. The Morgan fingerprint density at radius 3 is 2.53 bits per heavy atom. The molecule has 0 aromatic heterocycles. The number of allylic oxidation sites excluding steroid dienone is 1. The predicted octanol–water partition coefficient (Wildman–Crippen LogP) is 7.79. The van der Waals surface area contributed by atoms with E-state index in [1.807, 2.05) is 78.9 Å². The summed E-state index contributed by atoms with van der Waals surface area (Å²) in [6, 6.07) is 29.4. The third-order valence-electron chi connectivity index (χ3n) is 4.78. The second-order valence-electron chi connectivity index (χ2n) is 6.79. The maximum Gasteiger partial charge on any atom is 0.120 e. The van der Waals surface area contributed by atoms with Gasteiger partial charge in [-0.05, 0) is 46.7 Å². The molecule has 0 aliphatic heterocycles. The van der Waals surface area contributed by atoms with Crippen molar-refractivity contribution in [3.8, 4) is 11.8 Å². The van der Waals surface area contributed by atoms with Crippen LogP contribution in [-0.4, -0.2) is 0 Å². The Hall–Kier alpha value is -3.25. The third kappa shape index (κ3) is 4.49. The molecule has 0 spiro atoms. The van der Waals surface area contributed by atoms with E-state index in [0.29, 0.717) is 28.0 Å². The smallest absolute Gasteiger partial charge is 0.120 e. The predicted molar refractivity (Wildman–Crippen MR) is 125 cm³/mol. The highest BCUT2D eigenvalue weighted by atomic mass is 35.5. The van der Waals surface area contributed by atoms with Crippen LogP contribution in [0.5, 0.6) is 5.75 Å². The lowest BCUT2D eigenvalue weighted by atomic mass is 9.97. The van der Waals surface area contributed by atoms with Crippen molar-refractivity contribution >= 4 is 45.6 Å². The van der Waals surface area contributed by atoms with Crippen molar-refractivity contribution in [2.45, 2.75) is 6.61 Å². The second-order valence-corrected chi connectivity index (χ2v) is 7.64. The first-order valence-electron chi connectivity index (χ1n) is 9.41. The number of ether oxygens (including phenoxy) is 1. The van der Waals surface area contributed by atoms with Crippen LogP contribution in [0.1, 0.15) is 16.7 Å². The summed E-state index contributed by atoms with van der Waals surface area (Å²) in [5, 5.41) is 13.1. The molecule has 0 aliphatic rings. The molecule has 0 N–H and O–H groups in total. The Kier molecular flexibility index (Phi) is 6.05. The maximum absolute atomic E-state index is 9.80. The van der Waals surface area contributed by atoms with E-state index in [1.165, 1.54) is 0 Å². The fraction of sp³-hybridized carbons (Fsp3) is 0.0385. The van der Waals surface area contributed by atoms with Gasteiger partial charge in [-0.15, -0.1) is 0 Å². The minimum atomic E-state index is 0.331. The van der Waals surface area contributed by atoms with Crippen molar-refractivity contribution in [3.05, 3.63) is 112 Å². The Labute approximate surface area is 185 Å². The molecule has 0 saturated carbocycles. The molecule has 0 bridgehead atoms. The van der Waals surface area contributed by atoms with Gasteiger partial charge in [0.25, 0.3) is 0 Å². The molecular weight excluding hydrogens is 413 g/mol. The number of benzene rings is 4. The molecule has 4 heteroatoms. The number of halogens is 2. The zero-order chi connectivity index (χ0) is 20.9. The summed E-state index contributed by atoms with van der Waals surface area (Å²) in [6.07, 6.45) is 1.88. The van der Waals surface area contributed by atoms with Crippen molar-refractivity contribution in [3.63, 3.8) is 0 Å². The third-order valence-corrected chi connectivity index (χ3v) is 5.37. The van der Waals surface area contributed by atoms with Gasteiger partial charge >= 0.3 is 0 Å². The Morgan fingerprint density at radius 1 is 0.900 bits per heavy atom. The standard InChI is InChI=1S/C26H17Cl2NO/c27-22-12-11-20(26(28)15-22)17-30-23-8-3-5-18(14-23)13-21(16-29)25-10-4-7-19-6-1-2-9-24(19)25/h1-15H,17H2/b21-13-. The summed E-state index contributed by atoms with van der Waals surface area (Å²) in [4.78, 5) is 0. The van der Waals surface area contributed by atoms with E-state index in [-0.39, 0.29) is 0 Å². The van der Waals surface area contributed by atoms with Crippen LogP contribution in [0, 0.1) is 11.3 Å². The summed E-state index contributed by atoms with van der Waals surface area (Å²) in [6.45, 7) is 0.331. The summed E-state index contributed by atoms with van der Waals surface area (Å²) >= 11 is 12.2. The summed E-state index contributed by atoms with van der Waals surface area (Å²) < 4.78 is 5.90. The molecule has 4 aromatic carbocycles. The van der Waals surface area contributed by atoms with Crippen LogP contribution in [0.3, 0.4) is 0 Å². The van der Waals surface area contributed by atoms with Gasteiger partial charge < -0.3 is 4.74 Å². The first-order valence-corrected chi connectivity index (χ1v) is 10.2. The highest BCUT2D eigenvalue weighted by Gasteiger charge is 2.07. The van der Waals surface area contributed by atoms with E-state index in [4.69, 9.17) is 27.9 Å². The number of hydrogen-bond donors (Lipinski definition) is 0. The van der Waals surface area contributed by atoms with Crippen molar-refractivity contribution in [1.29, 1.82) is 5.26 Å². The molecule has 0 unspecified atom stereocenters. The molecule has 146 valence electrons. The lowest BCUT2D eigenvalue weighted by Gasteiger charge is -2.09. The van der Waals surface area contributed by atoms with Crippen molar-refractivity contribution in [2.75, 3.05) is 0 Å². The zero-order valence-corrected chi connectivity index (χ0v) is 17.5. The van der Waals surface area contributed by atoms with E-state index in [2.05, 4.69) is 6.07 Å². The largest absolute Gasteiger partial charge is 0.489 e. The quantitative estimate of drug-likeness (QED) is 0.239. The fourth-order valence-corrected chi connectivity index (χ4v) is 3.75. The van der Waals surface area contributed by atoms with Gasteiger partial charge in [-0.25, -0.2) is 0 Å². The number of fused-ring (bicyclic) bond motifs is 1. The van der Waals surface area contributed by atoms with Crippen LogP contribution in [0.2, 0.25) is 10.0 Å². The average Bonchev–Trinajstić information content (AvgIpc) is 2.77. The highest BCUT2D eigenvalue weighted by Crippen LogP contribution is 2.28. The molecule has 0 radical (unpaired) electrons. The van der Waals surface area contributed by atoms with Crippen LogP contribution < -0.4 is 4.74 Å². The molecule has 30 heavy (non-hydrogen) atoms. The van der Waals surface area contributed by atoms with E-state index in [1.54, 1.807) is 12.1 Å². The van der Waals surface area contributed by atoms with E-state index >= 15 is 0 Å². The summed E-state index contributed by atoms with van der Waals surface area (Å²) in [5.41, 5.74) is 3.26. The minimum Gasteiger partial charge on any atom is -0.489 e. The van der Waals surface area contributed by atoms with Gasteiger partial charge in [-0.3, -0.25) is 0 Å². The van der Waals surface area contributed by atoms with Crippen LogP contribution in [0.4, 0.5) is 0 Å². The normalized spacial score (nSPS) is 11.3. The van der Waals surface area contributed by atoms with Gasteiger partial charge in [0.1, 0.15) is 12.4 Å². The molecule has 0 amide bonds. The van der Waals surface area contributed by atoms with Crippen molar-refractivity contribution in [1.82, 2.24) is 0 Å². The topological polar surface area (TPSA) is 33.0 Å². The lowest BCUT2D eigenvalue weighted by molar-refractivity contribution is 0.306. The van der Waals surface area contributed by atoms with E-state index < -0.39 is 0 Å². The maximum atomic E-state index is 9.80. The van der Waals surface area contributed by atoms with E-state index in [0.717, 1.165) is 27.5 Å². The fourth-order valence-electron chi connectivity index (χ4n) is 3.29. The number of nitrogens with zero attached hydrogens (tertiary/aromatic N) is 1. The molecule has 4 aromatic rings. The van der Waals surface area contributed by atoms with Gasteiger partial charge in [0.05, 0.1) is 11.6 Å². The number of nitriles is 1. The van der Waals surface area contributed by atoms with Crippen molar-refractivity contribution < 1.29 is 4.74 Å². The lowest BCUT2D eigenvalue weighted by Crippen LogP contribution is -1.96. The van der Waals surface area contributed by atoms with Gasteiger partial charge in [0, 0.05) is 21.2 Å². The zero-order valence-electron chi connectivity index (χ0n) is 16.0. The molecule has 2 nitrogen and oxygen atoms in total. The summed E-state index contributed by atoms with van der Waals surface area (Å²) in [7, 11) is 0. The molecule has 0 heterocycles. The molecule has 4 rings (SSSR count). The van der Waals surface area contributed by atoms with Gasteiger partial charge in [-0.1, -0.05) is 83.9 Å². The van der Waals surface area contributed by atoms with E-state index in [9.17, 15) is 5.26 Å². The number of hydrogen-bond acceptors (Lipinski definition) is 2. The molecule has 0 atom stereocenters. The number of rotatable bonds is 5. The molecular formula is C26H17Cl2NO. The van der Waals surface area contributed by atoms with Crippen LogP contribution in [0.15, 0.2) is 84.9 Å². The Balaban J connectivity index is 1.61. The van der Waals surface area contributed by atoms with Gasteiger partial charge in [-0.2, -0.15) is 5.26 Å². The summed E-state index contributed by atoms with van der Waals surface area (Å²) in [5.74, 6) is 0.699. The minimum absolute atomic E-state index is 0.331. The van der Waals surface area contributed by atoms with Crippen molar-refractivity contribution in [2.24, 2.45) is 0 Å². The first kappa shape index (κ1) is 20.0. The van der Waals surface area contributed by atoms with Crippen LogP contribution in [0.25, 0.3) is 22.4 Å². The van der Waals surface area contributed by atoms with Gasteiger partial charge in [0.15, 0.2) is 0 Å². The van der Waals surface area contributed by atoms with Gasteiger partial charge in [0.2, 0.25) is 0 Å². The highest BCUT2D eigenvalue weighted by molar-refractivity contribution is 6.35. The first-order chi connectivity index (χ1) is 14.6. The van der Waals surface area contributed by atoms with Crippen LogP contribution in [-0.2, 0) is 6.61 Å². The Morgan fingerprint density at radius 2 is 1.70 bits per heavy atom. The SMILES string of the molecule is N#C/C(=C/c1cccc(OCc2ccc(Cl)cc2Cl)c1)c1cccc2ccccc12.